The van der Waals surface area contributed by atoms with Crippen LogP contribution in [0.25, 0.3) is 10.9 Å². The van der Waals surface area contributed by atoms with Gasteiger partial charge >= 0.3 is 0 Å². The van der Waals surface area contributed by atoms with Crippen LogP contribution in [-0.2, 0) is 0 Å². The zero-order valence-corrected chi connectivity index (χ0v) is 13.3. The van der Waals surface area contributed by atoms with E-state index in [0.717, 1.165) is 27.2 Å². The number of benzene rings is 2. The zero-order valence-electron chi connectivity index (χ0n) is 12.5. The highest BCUT2D eigenvalue weighted by molar-refractivity contribution is 7.98. The van der Waals surface area contributed by atoms with Gasteiger partial charge in [-0.1, -0.05) is 18.2 Å². The van der Waals surface area contributed by atoms with Crippen molar-refractivity contribution in [3.8, 4) is 0 Å². The fourth-order valence-electron chi connectivity index (χ4n) is 2.39. The van der Waals surface area contributed by atoms with Crippen molar-refractivity contribution < 1.29 is 4.79 Å². The summed E-state index contributed by atoms with van der Waals surface area (Å²) in [4.78, 5) is 18.0. The highest BCUT2D eigenvalue weighted by Gasteiger charge is 2.12. The lowest BCUT2D eigenvalue weighted by atomic mass is 10.1. The van der Waals surface area contributed by atoms with E-state index in [1.54, 1.807) is 11.8 Å². The smallest absolute Gasteiger partial charge is 0.256 e. The minimum atomic E-state index is -0.0991. The topological polar surface area (TPSA) is 42.0 Å². The van der Waals surface area contributed by atoms with Crippen molar-refractivity contribution in [1.82, 2.24) is 4.98 Å². The van der Waals surface area contributed by atoms with Gasteiger partial charge in [-0.15, -0.1) is 11.8 Å². The Hall–Kier alpha value is -2.33. The molecule has 0 aliphatic carbocycles. The Balaban J connectivity index is 1.98. The molecular formula is C18H16N2OS. The maximum atomic E-state index is 12.6. The lowest BCUT2D eigenvalue weighted by Gasteiger charge is -2.11. The number of carbonyl (C=O) groups excluding carboxylic acids is 1. The minimum Gasteiger partial charge on any atom is -0.321 e. The van der Waals surface area contributed by atoms with Crippen molar-refractivity contribution in [1.29, 1.82) is 0 Å². The van der Waals surface area contributed by atoms with Crippen LogP contribution in [0.5, 0.6) is 0 Å². The molecule has 3 nitrogen and oxygen atoms in total. The first kappa shape index (κ1) is 14.6. The Labute approximate surface area is 133 Å². The zero-order chi connectivity index (χ0) is 15.5. The molecule has 1 heterocycles. The second-order valence-electron chi connectivity index (χ2n) is 4.98. The van der Waals surface area contributed by atoms with Gasteiger partial charge in [-0.3, -0.25) is 9.78 Å². The summed E-state index contributed by atoms with van der Waals surface area (Å²) in [5.74, 6) is -0.0991. The predicted molar refractivity (Wildman–Crippen MR) is 92.7 cm³/mol. The first-order chi connectivity index (χ1) is 10.7. The second-order valence-corrected chi connectivity index (χ2v) is 5.83. The van der Waals surface area contributed by atoms with E-state index in [0.29, 0.717) is 5.56 Å². The van der Waals surface area contributed by atoms with Crippen LogP contribution in [0.3, 0.4) is 0 Å². The largest absolute Gasteiger partial charge is 0.321 e. The molecule has 22 heavy (non-hydrogen) atoms. The quantitative estimate of drug-likeness (QED) is 0.723. The van der Waals surface area contributed by atoms with Crippen molar-refractivity contribution in [2.24, 2.45) is 0 Å². The Morgan fingerprint density at radius 1 is 1.05 bits per heavy atom. The fraction of sp³-hybridized carbons (Fsp3) is 0.111. The molecule has 0 saturated heterocycles. The van der Waals surface area contributed by atoms with Crippen LogP contribution in [0.1, 0.15) is 16.1 Å². The van der Waals surface area contributed by atoms with Gasteiger partial charge in [-0.2, -0.15) is 0 Å². The van der Waals surface area contributed by atoms with Gasteiger partial charge in [0.2, 0.25) is 0 Å². The third-order valence-corrected chi connectivity index (χ3v) is 4.27. The number of anilines is 1. The number of aromatic nitrogens is 1. The highest BCUT2D eigenvalue weighted by Crippen LogP contribution is 2.25. The summed E-state index contributed by atoms with van der Waals surface area (Å²) in [5.41, 5.74) is 3.32. The minimum absolute atomic E-state index is 0.0991. The first-order valence-electron chi connectivity index (χ1n) is 7.00. The van der Waals surface area contributed by atoms with E-state index in [4.69, 9.17) is 0 Å². The fourth-order valence-corrected chi connectivity index (χ4v) is 2.98. The summed E-state index contributed by atoms with van der Waals surface area (Å²) in [6.45, 7) is 1.96. The maximum Gasteiger partial charge on any atom is 0.256 e. The molecule has 1 N–H and O–H groups in total. The number of fused-ring (bicyclic) bond motifs is 1. The van der Waals surface area contributed by atoms with E-state index in [2.05, 4.69) is 10.3 Å². The maximum absolute atomic E-state index is 12.6. The Morgan fingerprint density at radius 3 is 2.68 bits per heavy atom. The predicted octanol–water partition coefficient (Wildman–Crippen LogP) is 4.52. The third-order valence-electron chi connectivity index (χ3n) is 3.47. The van der Waals surface area contributed by atoms with Gasteiger partial charge in [0.15, 0.2) is 0 Å². The average molecular weight is 308 g/mol. The summed E-state index contributed by atoms with van der Waals surface area (Å²) in [5, 5.41) is 3.95. The molecule has 0 fully saturated rings. The van der Waals surface area contributed by atoms with Crippen LogP contribution in [0.2, 0.25) is 0 Å². The number of hydrogen-bond donors (Lipinski definition) is 1. The molecule has 0 radical (unpaired) electrons. The van der Waals surface area contributed by atoms with Crippen molar-refractivity contribution in [2.45, 2.75) is 11.8 Å². The van der Waals surface area contributed by atoms with Crippen LogP contribution in [0.4, 0.5) is 5.69 Å². The summed E-state index contributed by atoms with van der Waals surface area (Å²) in [6.07, 6.45) is 1.97. The number of pyridine rings is 1. The monoisotopic (exact) mass is 308 g/mol. The van der Waals surface area contributed by atoms with Crippen LogP contribution >= 0.6 is 11.8 Å². The molecule has 110 valence electrons. The van der Waals surface area contributed by atoms with E-state index >= 15 is 0 Å². The number of rotatable bonds is 3. The Kier molecular flexibility index (Phi) is 4.11. The van der Waals surface area contributed by atoms with Gasteiger partial charge in [0, 0.05) is 16.0 Å². The molecule has 1 amide bonds. The van der Waals surface area contributed by atoms with E-state index in [9.17, 15) is 4.79 Å². The summed E-state index contributed by atoms with van der Waals surface area (Å²) in [7, 11) is 0. The van der Waals surface area contributed by atoms with Crippen molar-refractivity contribution >= 4 is 34.3 Å². The van der Waals surface area contributed by atoms with E-state index in [-0.39, 0.29) is 5.91 Å². The molecule has 3 rings (SSSR count). The SMILES string of the molecule is CSc1ccccc1C(=O)Nc1cccc2nc(C)ccc12. The number of nitrogens with one attached hydrogen (secondary N) is 1. The van der Waals surface area contributed by atoms with Gasteiger partial charge in [0.05, 0.1) is 16.8 Å². The summed E-state index contributed by atoms with van der Waals surface area (Å²) < 4.78 is 0. The average Bonchev–Trinajstić information content (AvgIpc) is 2.54. The molecule has 0 unspecified atom stereocenters. The summed E-state index contributed by atoms with van der Waals surface area (Å²) in [6, 6.07) is 17.3. The van der Waals surface area contributed by atoms with Crippen LogP contribution in [-0.4, -0.2) is 17.1 Å². The number of aryl methyl sites for hydroxylation is 1. The van der Waals surface area contributed by atoms with Crippen LogP contribution in [0, 0.1) is 6.92 Å². The molecule has 0 aliphatic rings. The lowest BCUT2D eigenvalue weighted by molar-refractivity contribution is 0.102. The van der Waals surface area contributed by atoms with Gasteiger partial charge in [0.1, 0.15) is 0 Å². The standard InChI is InChI=1S/C18H16N2OS/c1-12-10-11-13-15(19-12)7-5-8-16(13)20-18(21)14-6-3-4-9-17(14)22-2/h3-11H,1-2H3,(H,20,21). The molecule has 0 bridgehead atoms. The van der Waals surface area contributed by atoms with E-state index < -0.39 is 0 Å². The molecule has 0 spiro atoms. The van der Waals surface area contributed by atoms with Gasteiger partial charge in [-0.25, -0.2) is 0 Å². The van der Waals surface area contributed by atoms with E-state index in [1.165, 1.54) is 0 Å². The molecule has 3 aromatic rings. The number of nitrogens with zero attached hydrogens (tertiary/aromatic N) is 1. The lowest BCUT2D eigenvalue weighted by Crippen LogP contribution is -2.13. The van der Waals surface area contributed by atoms with Gasteiger partial charge < -0.3 is 5.32 Å². The molecule has 0 atom stereocenters. The molecule has 0 saturated carbocycles. The highest BCUT2D eigenvalue weighted by atomic mass is 32.2. The third kappa shape index (κ3) is 2.83. The molecule has 2 aromatic carbocycles. The molecule has 1 aromatic heterocycles. The van der Waals surface area contributed by atoms with Gasteiger partial charge in [-0.05, 0) is 49.6 Å². The second kappa shape index (κ2) is 6.20. The van der Waals surface area contributed by atoms with Crippen LogP contribution < -0.4 is 5.32 Å². The number of carbonyl (C=O) groups is 1. The van der Waals surface area contributed by atoms with Crippen molar-refractivity contribution in [3.63, 3.8) is 0 Å². The van der Waals surface area contributed by atoms with Crippen LogP contribution in [0.15, 0.2) is 59.5 Å². The first-order valence-corrected chi connectivity index (χ1v) is 8.22. The van der Waals surface area contributed by atoms with E-state index in [1.807, 2.05) is 67.8 Å². The normalized spacial score (nSPS) is 10.6. The molecule has 4 heteroatoms. The number of amides is 1. The Morgan fingerprint density at radius 2 is 1.86 bits per heavy atom. The summed E-state index contributed by atoms with van der Waals surface area (Å²) >= 11 is 1.57. The molecular weight excluding hydrogens is 292 g/mol. The molecule has 0 aliphatic heterocycles. The Bertz CT molecular complexity index is 845. The van der Waals surface area contributed by atoms with Crippen molar-refractivity contribution in [2.75, 3.05) is 11.6 Å². The number of thioether (sulfide) groups is 1. The number of hydrogen-bond acceptors (Lipinski definition) is 3. The van der Waals surface area contributed by atoms with Crippen molar-refractivity contribution in [3.05, 3.63) is 65.9 Å². The van der Waals surface area contributed by atoms with Gasteiger partial charge in [0.25, 0.3) is 5.91 Å².